The van der Waals surface area contributed by atoms with Gasteiger partial charge in [-0.2, -0.15) is 0 Å². The van der Waals surface area contributed by atoms with Crippen molar-refractivity contribution in [3.63, 3.8) is 0 Å². The van der Waals surface area contributed by atoms with E-state index in [9.17, 15) is 14.4 Å². The number of hydrogen-bond acceptors (Lipinski definition) is 5. The van der Waals surface area contributed by atoms with Gasteiger partial charge in [-0.15, -0.1) is 0 Å². The summed E-state index contributed by atoms with van der Waals surface area (Å²) in [6, 6.07) is 25.7. The molecule has 1 N–H and O–H groups in total. The lowest BCUT2D eigenvalue weighted by Gasteiger charge is -2.14. The van der Waals surface area contributed by atoms with E-state index in [0.717, 1.165) is 21.2 Å². The predicted octanol–water partition coefficient (Wildman–Crippen LogP) is 5.27. The minimum Gasteiger partial charge on any atom is -0.436 e. The number of para-hydroxylation sites is 1. The zero-order valence-electron chi connectivity index (χ0n) is 18.5. The maximum absolute atomic E-state index is 12.8. The maximum atomic E-state index is 12.8. The number of carbonyl (C=O) groups excluding carboxylic acids is 3. The highest BCUT2D eigenvalue weighted by Gasteiger charge is 2.35. The summed E-state index contributed by atoms with van der Waals surface area (Å²) in [7, 11) is 0. The van der Waals surface area contributed by atoms with Gasteiger partial charge in [-0.05, 0) is 35.7 Å². The lowest BCUT2D eigenvalue weighted by molar-refractivity contribution is -0.116. The highest BCUT2D eigenvalue weighted by atomic mass is 16.3. The van der Waals surface area contributed by atoms with Crippen molar-refractivity contribution < 1.29 is 18.8 Å². The molecule has 0 bridgehead atoms. The zero-order valence-corrected chi connectivity index (χ0v) is 18.5. The van der Waals surface area contributed by atoms with Crippen LogP contribution in [-0.2, 0) is 4.79 Å². The number of aromatic nitrogens is 1. The molecule has 0 atom stereocenters. The molecule has 0 aliphatic carbocycles. The number of carbonyl (C=O) groups is 3. The van der Waals surface area contributed by atoms with E-state index in [1.807, 2.05) is 48.5 Å². The molecule has 5 aromatic rings. The second-order valence-corrected chi connectivity index (χ2v) is 8.30. The van der Waals surface area contributed by atoms with Gasteiger partial charge >= 0.3 is 0 Å². The van der Waals surface area contributed by atoms with Crippen LogP contribution in [0, 0.1) is 0 Å². The Morgan fingerprint density at radius 3 is 2.23 bits per heavy atom. The van der Waals surface area contributed by atoms with Gasteiger partial charge in [-0.25, -0.2) is 4.98 Å². The van der Waals surface area contributed by atoms with E-state index in [1.165, 1.54) is 0 Å². The second-order valence-electron chi connectivity index (χ2n) is 8.30. The van der Waals surface area contributed by atoms with E-state index in [-0.39, 0.29) is 30.7 Å². The Labute approximate surface area is 200 Å². The first-order valence-corrected chi connectivity index (χ1v) is 11.2. The molecule has 0 fully saturated rings. The third-order valence-electron chi connectivity index (χ3n) is 6.16. The van der Waals surface area contributed by atoms with Gasteiger partial charge in [0.1, 0.15) is 5.52 Å². The average Bonchev–Trinajstić information content (AvgIpc) is 3.43. The summed E-state index contributed by atoms with van der Waals surface area (Å²) in [6.45, 7) is -0.00474. The maximum Gasteiger partial charge on any atom is 0.261 e. The van der Waals surface area contributed by atoms with Crippen LogP contribution < -0.4 is 5.32 Å². The molecule has 3 amide bonds. The van der Waals surface area contributed by atoms with Crippen LogP contribution in [0.3, 0.4) is 0 Å². The number of nitrogens with one attached hydrogen (secondary N) is 1. The summed E-state index contributed by atoms with van der Waals surface area (Å²) in [5.41, 5.74) is 3.33. The molecular weight excluding hydrogens is 442 g/mol. The molecule has 0 spiro atoms. The number of anilines is 1. The van der Waals surface area contributed by atoms with E-state index in [4.69, 9.17) is 9.40 Å². The van der Waals surface area contributed by atoms with Crippen molar-refractivity contribution in [1.82, 2.24) is 9.88 Å². The van der Waals surface area contributed by atoms with Gasteiger partial charge in [0, 0.05) is 18.4 Å². The standard InChI is InChI=1S/C28H19N3O4/c32-24(15-16-31-27(33)19-9-3-4-10-20(19)28(31)34)29-22-12-6-5-11-21(22)26-30-25-18-8-2-1-7-17(18)13-14-23(25)35-26/h1-14H,15-16H2,(H,29,32). The van der Waals surface area contributed by atoms with Gasteiger partial charge in [-0.3, -0.25) is 19.3 Å². The van der Waals surface area contributed by atoms with Crippen molar-refractivity contribution in [2.45, 2.75) is 6.42 Å². The molecule has 7 heteroatoms. The van der Waals surface area contributed by atoms with Crippen LogP contribution in [0.15, 0.2) is 89.3 Å². The number of imide groups is 1. The van der Waals surface area contributed by atoms with E-state index in [1.54, 1.807) is 36.4 Å². The minimum atomic E-state index is -0.377. The third kappa shape index (κ3) is 3.54. The summed E-state index contributed by atoms with van der Waals surface area (Å²) in [6.07, 6.45) is -0.0298. The molecule has 6 rings (SSSR count). The molecule has 0 unspecified atom stereocenters. The molecule has 1 aliphatic heterocycles. The summed E-state index contributed by atoms with van der Waals surface area (Å²) in [5.74, 6) is -0.682. The fourth-order valence-corrected chi connectivity index (χ4v) is 4.42. The Morgan fingerprint density at radius 2 is 1.46 bits per heavy atom. The Morgan fingerprint density at radius 1 is 0.800 bits per heavy atom. The van der Waals surface area contributed by atoms with Crippen LogP contribution in [0.1, 0.15) is 27.1 Å². The number of oxazole rings is 1. The molecule has 0 radical (unpaired) electrons. The molecule has 4 aromatic carbocycles. The van der Waals surface area contributed by atoms with E-state index in [0.29, 0.717) is 33.9 Å². The van der Waals surface area contributed by atoms with E-state index in [2.05, 4.69) is 5.32 Å². The van der Waals surface area contributed by atoms with Crippen LogP contribution in [0.25, 0.3) is 33.3 Å². The highest BCUT2D eigenvalue weighted by molar-refractivity contribution is 6.21. The van der Waals surface area contributed by atoms with E-state index >= 15 is 0 Å². The molecule has 0 saturated heterocycles. The lowest BCUT2D eigenvalue weighted by Crippen LogP contribution is -2.32. The summed E-state index contributed by atoms with van der Waals surface area (Å²) >= 11 is 0. The number of hydrogen-bond donors (Lipinski definition) is 1. The van der Waals surface area contributed by atoms with Crippen molar-refractivity contribution in [1.29, 1.82) is 0 Å². The summed E-state index contributed by atoms with van der Waals surface area (Å²) in [4.78, 5) is 43.7. The van der Waals surface area contributed by atoms with Gasteiger partial charge in [0.25, 0.3) is 11.8 Å². The number of nitrogens with zero attached hydrogens (tertiary/aromatic N) is 2. The Balaban J connectivity index is 1.22. The van der Waals surface area contributed by atoms with Crippen LogP contribution in [0.5, 0.6) is 0 Å². The quantitative estimate of drug-likeness (QED) is 0.360. The van der Waals surface area contributed by atoms with Crippen molar-refractivity contribution in [3.05, 3.63) is 96.1 Å². The first-order valence-electron chi connectivity index (χ1n) is 11.2. The topological polar surface area (TPSA) is 92.5 Å². The molecule has 1 aromatic heterocycles. The van der Waals surface area contributed by atoms with Crippen LogP contribution in [0.2, 0.25) is 0 Å². The van der Waals surface area contributed by atoms with Gasteiger partial charge < -0.3 is 9.73 Å². The molecule has 170 valence electrons. The Hall–Kier alpha value is -4.78. The molecule has 1 aliphatic rings. The Kier molecular flexibility index (Phi) is 4.88. The lowest BCUT2D eigenvalue weighted by atomic mass is 10.1. The number of rotatable bonds is 5. The monoisotopic (exact) mass is 461 g/mol. The summed E-state index contributed by atoms with van der Waals surface area (Å²) < 4.78 is 6.03. The van der Waals surface area contributed by atoms with Gasteiger partial charge in [0.2, 0.25) is 11.8 Å². The molecular formula is C28H19N3O4. The van der Waals surface area contributed by atoms with Crippen LogP contribution in [0.4, 0.5) is 5.69 Å². The van der Waals surface area contributed by atoms with Crippen molar-refractivity contribution in [2.24, 2.45) is 0 Å². The van der Waals surface area contributed by atoms with Crippen LogP contribution in [-0.4, -0.2) is 34.2 Å². The first-order chi connectivity index (χ1) is 17.1. The summed E-state index contributed by atoms with van der Waals surface area (Å²) in [5, 5.41) is 4.93. The third-order valence-corrected chi connectivity index (χ3v) is 6.16. The molecule has 2 heterocycles. The van der Waals surface area contributed by atoms with Crippen LogP contribution >= 0.6 is 0 Å². The van der Waals surface area contributed by atoms with Crippen molar-refractivity contribution in [3.8, 4) is 11.5 Å². The number of fused-ring (bicyclic) bond motifs is 4. The first kappa shape index (κ1) is 20.8. The fraction of sp³-hybridized carbons (Fsp3) is 0.0714. The predicted molar refractivity (Wildman–Crippen MR) is 132 cm³/mol. The smallest absolute Gasteiger partial charge is 0.261 e. The van der Waals surface area contributed by atoms with Crippen molar-refractivity contribution >= 4 is 45.3 Å². The van der Waals surface area contributed by atoms with Gasteiger partial charge in [0.15, 0.2) is 5.58 Å². The SMILES string of the molecule is O=C(CCN1C(=O)c2ccccc2C1=O)Nc1ccccc1-c1nc2c(ccc3ccccc32)o1. The van der Waals surface area contributed by atoms with Gasteiger partial charge in [-0.1, -0.05) is 54.6 Å². The molecule has 0 saturated carbocycles. The largest absolute Gasteiger partial charge is 0.436 e. The molecule has 35 heavy (non-hydrogen) atoms. The minimum absolute atomic E-state index is 0.00474. The average molecular weight is 461 g/mol. The fourth-order valence-electron chi connectivity index (χ4n) is 4.42. The molecule has 7 nitrogen and oxygen atoms in total. The number of benzene rings is 4. The van der Waals surface area contributed by atoms with Gasteiger partial charge in [0.05, 0.1) is 22.4 Å². The second kappa shape index (κ2) is 8.22. The number of amides is 3. The van der Waals surface area contributed by atoms with E-state index < -0.39 is 0 Å². The Bertz CT molecular complexity index is 1620. The van der Waals surface area contributed by atoms with Crippen molar-refractivity contribution in [2.75, 3.05) is 11.9 Å². The zero-order chi connectivity index (χ0) is 23.9. The highest BCUT2D eigenvalue weighted by Crippen LogP contribution is 2.33. The normalized spacial score (nSPS) is 13.0.